The van der Waals surface area contributed by atoms with Gasteiger partial charge in [0.25, 0.3) is 0 Å². The minimum absolute atomic E-state index is 0.0563. The van der Waals surface area contributed by atoms with Crippen molar-refractivity contribution in [2.75, 3.05) is 26.4 Å². The summed E-state index contributed by atoms with van der Waals surface area (Å²) >= 11 is 0. The topological polar surface area (TPSA) is 134 Å². The van der Waals surface area contributed by atoms with E-state index in [1.807, 2.05) is 0 Å². The van der Waals surface area contributed by atoms with Gasteiger partial charge in [-0.2, -0.15) is 0 Å². The standard InChI is InChI=1S/C91H172NO8P/c1-3-5-7-9-11-13-15-17-19-21-23-25-27-29-31-33-35-37-39-41-43-44-46-47-49-51-53-55-57-59-61-63-65-67-69-71-73-75-77-79-81-83-90(93)97-87-89(88-99-101(95,96)98-86-85-92)100-91(94)84-82-80-78-76-74-72-70-68-66-64-62-60-58-56-54-52-50-48-45-42-40-38-36-34-32-30-28-26-24-22-20-18-16-14-12-10-8-6-4-2/h6,8,12,14,18,20-21,23-24,26,89H,3-5,7,9-11,13,15-17,19,22,25,27-88,92H2,1-2H3,(H,95,96)/b8-6-,14-12-,20-18-,23-21-,26-24-. The molecule has 0 saturated carbocycles. The number of ether oxygens (including phenoxy) is 2. The van der Waals surface area contributed by atoms with Crippen molar-refractivity contribution in [3.63, 3.8) is 0 Å². The van der Waals surface area contributed by atoms with Gasteiger partial charge in [-0.3, -0.25) is 18.6 Å². The molecule has 0 radical (unpaired) electrons. The Hall–Kier alpha value is -2.29. The van der Waals surface area contributed by atoms with Gasteiger partial charge in [0.2, 0.25) is 0 Å². The number of unbranched alkanes of at least 4 members (excludes halogenated alkanes) is 63. The molecule has 0 spiro atoms. The largest absolute Gasteiger partial charge is 0.472 e. The zero-order chi connectivity index (χ0) is 72.9. The monoisotopic (exact) mass is 1440 g/mol. The summed E-state index contributed by atoms with van der Waals surface area (Å²) < 4.78 is 33.4. The Balaban J connectivity index is 3.69. The van der Waals surface area contributed by atoms with E-state index in [-0.39, 0.29) is 38.6 Å². The van der Waals surface area contributed by atoms with Crippen LogP contribution < -0.4 is 5.73 Å². The Labute approximate surface area is 629 Å². The zero-order valence-electron chi connectivity index (χ0n) is 67.4. The number of esters is 2. The normalized spacial score (nSPS) is 13.0. The van der Waals surface area contributed by atoms with Gasteiger partial charge in [0.05, 0.1) is 13.2 Å². The SMILES string of the molecule is CC/C=C\C/C=C\C/C=C\C/C=C\CCCCCCCCCCCCCCCCCCCCCCCCCCCCC(=O)OC(COC(=O)CCCCCCCCCCCCCCCCCCCCCCCCCCCCCCC/C=C\CCCCCCCCCC)COP(=O)(O)OCCN. The van der Waals surface area contributed by atoms with Crippen molar-refractivity contribution in [1.29, 1.82) is 0 Å². The van der Waals surface area contributed by atoms with Crippen molar-refractivity contribution in [2.45, 2.75) is 482 Å². The van der Waals surface area contributed by atoms with Crippen molar-refractivity contribution >= 4 is 19.8 Å². The lowest BCUT2D eigenvalue weighted by atomic mass is 10.0. The third kappa shape index (κ3) is 86.5. The lowest BCUT2D eigenvalue weighted by Gasteiger charge is -2.19. The number of phosphoric acid groups is 1. The highest BCUT2D eigenvalue weighted by atomic mass is 31.2. The molecule has 0 heterocycles. The molecule has 0 aliphatic carbocycles. The fourth-order valence-corrected chi connectivity index (χ4v) is 14.6. The van der Waals surface area contributed by atoms with Gasteiger partial charge in [-0.15, -0.1) is 0 Å². The van der Waals surface area contributed by atoms with E-state index in [9.17, 15) is 19.0 Å². The van der Waals surface area contributed by atoms with Gasteiger partial charge in [0.15, 0.2) is 6.10 Å². The zero-order valence-corrected chi connectivity index (χ0v) is 68.3. The summed E-state index contributed by atoms with van der Waals surface area (Å²) in [7, 11) is -4.40. The highest BCUT2D eigenvalue weighted by molar-refractivity contribution is 7.47. The number of hydrogen-bond donors (Lipinski definition) is 2. The highest BCUT2D eigenvalue weighted by Crippen LogP contribution is 2.43. The Morgan fingerprint density at radius 2 is 0.545 bits per heavy atom. The molecule has 0 aliphatic heterocycles. The van der Waals surface area contributed by atoms with Crippen LogP contribution in [-0.2, 0) is 32.7 Å². The van der Waals surface area contributed by atoms with E-state index in [4.69, 9.17) is 24.3 Å². The maximum Gasteiger partial charge on any atom is 0.472 e. The number of nitrogens with two attached hydrogens (primary N) is 1. The van der Waals surface area contributed by atoms with E-state index in [0.717, 1.165) is 57.8 Å². The summed E-state index contributed by atoms with van der Waals surface area (Å²) in [6.07, 6.45) is 116. The predicted molar refractivity (Wildman–Crippen MR) is 441 cm³/mol. The van der Waals surface area contributed by atoms with Crippen LogP contribution in [0.3, 0.4) is 0 Å². The van der Waals surface area contributed by atoms with E-state index in [2.05, 4.69) is 74.6 Å². The molecule has 0 aromatic heterocycles. The first-order valence-corrected chi connectivity index (χ1v) is 46.3. The summed E-state index contributed by atoms with van der Waals surface area (Å²) in [5.41, 5.74) is 5.43. The molecule has 0 rings (SSSR count). The molecule has 0 amide bonds. The van der Waals surface area contributed by atoms with E-state index < -0.39 is 26.5 Å². The first-order valence-electron chi connectivity index (χ1n) is 44.8. The molecule has 594 valence electrons. The molecule has 0 fully saturated rings. The van der Waals surface area contributed by atoms with Crippen LogP contribution in [0.15, 0.2) is 60.8 Å². The lowest BCUT2D eigenvalue weighted by Crippen LogP contribution is -2.29. The average molecular weight is 1440 g/mol. The number of carbonyl (C=O) groups excluding carboxylic acids is 2. The van der Waals surface area contributed by atoms with E-state index in [0.29, 0.717) is 6.42 Å². The second-order valence-corrected chi connectivity index (χ2v) is 31.9. The number of allylic oxidation sites excluding steroid dienone is 10. The van der Waals surface area contributed by atoms with Crippen LogP contribution in [0.1, 0.15) is 476 Å². The molecule has 0 bridgehead atoms. The van der Waals surface area contributed by atoms with Crippen molar-refractivity contribution in [3.8, 4) is 0 Å². The molecule has 10 heteroatoms. The first-order chi connectivity index (χ1) is 49.8. The van der Waals surface area contributed by atoms with Crippen LogP contribution in [0.4, 0.5) is 0 Å². The Bertz CT molecular complexity index is 1850. The fourth-order valence-electron chi connectivity index (χ4n) is 13.8. The van der Waals surface area contributed by atoms with Gasteiger partial charge in [0.1, 0.15) is 6.61 Å². The molecule has 2 atom stereocenters. The van der Waals surface area contributed by atoms with Crippen LogP contribution in [0.5, 0.6) is 0 Å². The van der Waals surface area contributed by atoms with Gasteiger partial charge >= 0.3 is 19.8 Å². The number of hydrogen-bond acceptors (Lipinski definition) is 8. The van der Waals surface area contributed by atoms with Crippen molar-refractivity contribution in [1.82, 2.24) is 0 Å². The third-order valence-corrected chi connectivity index (χ3v) is 21.4. The van der Waals surface area contributed by atoms with Crippen LogP contribution in [0.25, 0.3) is 0 Å². The van der Waals surface area contributed by atoms with Gasteiger partial charge in [0, 0.05) is 19.4 Å². The van der Waals surface area contributed by atoms with Crippen molar-refractivity contribution < 1.29 is 37.6 Å². The fraction of sp³-hybridized carbons (Fsp3) is 0.868. The lowest BCUT2D eigenvalue weighted by molar-refractivity contribution is -0.161. The molecular formula is C91H172NO8P. The highest BCUT2D eigenvalue weighted by Gasteiger charge is 2.26. The minimum atomic E-state index is -4.40. The molecular weight excluding hydrogens is 1270 g/mol. The predicted octanol–water partition coefficient (Wildman–Crippen LogP) is 30.4. The Kier molecular flexibility index (Phi) is 84.7. The van der Waals surface area contributed by atoms with Gasteiger partial charge in [-0.1, -0.05) is 447 Å². The van der Waals surface area contributed by atoms with E-state index in [1.165, 1.54) is 385 Å². The van der Waals surface area contributed by atoms with Crippen LogP contribution in [0, 0.1) is 0 Å². The van der Waals surface area contributed by atoms with E-state index >= 15 is 0 Å². The van der Waals surface area contributed by atoms with Crippen molar-refractivity contribution in [2.24, 2.45) is 5.73 Å². The van der Waals surface area contributed by atoms with E-state index in [1.54, 1.807) is 0 Å². The molecule has 2 unspecified atom stereocenters. The molecule has 3 N–H and O–H groups in total. The smallest absolute Gasteiger partial charge is 0.462 e. The maximum atomic E-state index is 12.8. The second kappa shape index (κ2) is 86.6. The number of phosphoric ester groups is 1. The molecule has 0 saturated heterocycles. The molecule has 0 aliphatic rings. The first kappa shape index (κ1) is 98.7. The maximum absolute atomic E-state index is 12.8. The van der Waals surface area contributed by atoms with Crippen molar-refractivity contribution in [3.05, 3.63) is 60.8 Å². The molecule has 0 aromatic rings. The van der Waals surface area contributed by atoms with Crippen LogP contribution in [0.2, 0.25) is 0 Å². The molecule has 101 heavy (non-hydrogen) atoms. The number of rotatable bonds is 86. The summed E-state index contributed by atoms with van der Waals surface area (Å²) in [4.78, 5) is 35.5. The summed E-state index contributed by atoms with van der Waals surface area (Å²) in [5.74, 6) is -0.799. The average Bonchev–Trinajstić information content (AvgIpc) is 1.01. The summed E-state index contributed by atoms with van der Waals surface area (Å²) in [5, 5.41) is 0. The molecule has 0 aromatic carbocycles. The second-order valence-electron chi connectivity index (χ2n) is 30.4. The van der Waals surface area contributed by atoms with Crippen LogP contribution in [-0.4, -0.2) is 49.3 Å². The Morgan fingerprint density at radius 1 is 0.307 bits per heavy atom. The van der Waals surface area contributed by atoms with Crippen LogP contribution >= 0.6 is 7.82 Å². The Morgan fingerprint density at radius 3 is 0.822 bits per heavy atom. The minimum Gasteiger partial charge on any atom is -0.462 e. The van der Waals surface area contributed by atoms with Gasteiger partial charge < -0.3 is 20.1 Å². The summed E-state index contributed by atoms with van der Waals surface area (Å²) in [6.45, 7) is 3.72. The number of carbonyl (C=O) groups is 2. The van der Waals surface area contributed by atoms with Gasteiger partial charge in [-0.05, 0) is 77.0 Å². The summed E-state index contributed by atoms with van der Waals surface area (Å²) in [6, 6.07) is 0. The van der Waals surface area contributed by atoms with Gasteiger partial charge in [-0.25, -0.2) is 4.57 Å². The molecule has 9 nitrogen and oxygen atoms in total. The quantitative estimate of drug-likeness (QED) is 0.0264. The third-order valence-electron chi connectivity index (χ3n) is 20.4.